The predicted octanol–water partition coefficient (Wildman–Crippen LogP) is 8.05. The van der Waals surface area contributed by atoms with Crippen LogP contribution in [-0.2, 0) is 6.18 Å². The molecule has 0 saturated carbocycles. The molecular formula is C29H15ClF3NO7. The molecule has 1 aromatic heterocycles. The third-order valence-electron chi connectivity index (χ3n) is 5.85. The maximum absolute atomic E-state index is 13.9. The van der Waals surface area contributed by atoms with Crippen LogP contribution >= 0.6 is 11.6 Å². The number of halogens is 4. The molecule has 0 unspecified atom stereocenters. The van der Waals surface area contributed by atoms with Crippen LogP contribution in [0.1, 0.15) is 16.1 Å². The molecule has 5 rings (SSSR count). The van der Waals surface area contributed by atoms with Crippen molar-refractivity contribution in [2.24, 2.45) is 0 Å². The van der Waals surface area contributed by atoms with E-state index in [1.807, 2.05) is 30.3 Å². The number of nitro benzene ring substituents is 1. The highest BCUT2D eigenvalue weighted by atomic mass is 35.5. The zero-order chi connectivity index (χ0) is 29.3. The number of carbonyl (C=O) groups is 1. The second kappa shape index (κ2) is 10.8. The van der Waals surface area contributed by atoms with Gasteiger partial charge < -0.3 is 13.9 Å². The number of rotatable bonds is 6. The summed E-state index contributed by atoms with van der Waals surface area (Å²) in [5.41, 5.74) is -0.734. The summed E-state index contributed by atoms with van der Waals surface area (Å²) in [6.07, 6.45) is -5.11. The van der Waals surface area contributed by atoms with Crippen LogP contribution < -0.4 is 14.9 Å². The van der Waals surface area contributed by atoms with Crippen LogP contribution in [0.4, 0.5) is 18.9 Å². The van der Waals surface area contributed by atoms with Gasteiger partial charge in [0.1, 0.15) is 22.1 Å². The Morgan fingerprint density at radius 1 is 0.878 bits per heavy atom. The Hall–Kier alpha value is -5.16. The second-order valence-electron chi connectivity index (χ2n) is 8.55. The molecule has 8 nitrogen and oxygen atoms in total. The Kier molecular flexibility index (Phi) is 7.21. The van der Waals surface area contributed by atoms with Gasteiger partial charge in [0, 0.05) is 12.1 Å². The van der Waals surface area contributed by atoms with E-state index in [0.29, 0.717) is 0 Å². The van der Waals surface area contributed by atoms with Crippen molar-refractivity contribution in [2.75, 3.05) is 0 Å². The number of alkyl halides is 3. The molecule has 0 aliphatic carbocycles. The Morgan fingerprint density at radius 3 is 2.20 bits per heavy atom. The van der Waals surface area contributed by atoms with Gasteiger partial charge in [0.2, 0.25) is 11.2 Å². The van der Waals surface area contributed by atoms with Crippen molar-refractivity contribution >= 4 is 34.2 Å². The molecule has 0 spiro atoms. The summed E-state index contributed by atoms with van der Waals surface area (Å²) < 4.78 is 57.4. The number of ether oxygens (including phenoxy) is 2. The van der Waals surface area contributed by atoms with Gasteiger partial charge in [-0.2, -0.15) is 13.2 Å². The number of nitro groups is 1. The van der Waals surface area contributed by atoms with E-state index in [2.05, 4.69) is 0 Å². The molecular weight excluding hydrogens is 567 g/mol. The van der Waals surface area contributed by atoms with Gasteiger partial charge in [-0.3, -0.25) is 14.9 Å². The number of hydrogen-bond acceptors (Lipinski definition) is 7. The van der Waals surface area contributed by atoms with E-state index in [4.69, 9.17) is 25.5 Å². The zero-order valence-electron chi connectivity index (χ0n) is 20.5. The molecule has 0 radical (unpaired) electrons. The first kappa shape index (κ1) is 27.4. The smallest absolute Gasteiger partial charge is 0.449 e. The van der Waals surface area contributed by atoms with Crippen molar-refractivity contribution in [1.29, 1.82) is 0 Å². The highest BCUT2D eigenvalue weighted by Crippen LogP contribution is 2.39. The lowest BCUT2D eigenvalue weighted by Gasteiger charge is -2.14. The Balaban J connectivity index is 1.47. The summed E-state index contributed by atoms with van der Waals surface area (Å²) in [5.74, 6) is -4.10. The van der Waals surface area contributed by atoms with E-state index in [9.17, 15) is 32.9 Å². The molecule has 206 valence electrons. The van der Waals surface area contributed by atoms with Crippen LogP contribution in [0, 0.1) is 10.1 Å². The van der Waals surface area contributed by atoms with E-state index < -0.39 is 45.3 Å². The van der Waals surface area contributed by atoms with Crippen molar-refractivity contribution in [3.63, 3.8) is 0 Å². The zero-order valence-corrected chi connectivity index (χ0v) is 21.2. The van der Waals surface area contributed by atoms with Gasteiger partial charge in [-0.05, 0) is 47.5 Å². The monoisotopic (exact) mass is 581 g/mol. The summed E-state index contributed by atoms with van der Waals surface area (Å²) >= 11 is 5.75. The molecule has 0 amide bonds. The highest BCUT2D eigenvalue weighted by Gasteiger charge is 2.40. The van der Waals surface area contributed by atoms with Gasteiger partial charge in [0.25, 0.3) is 11.4 Å². The van der Waals surface area contributed by atoms with Crippen LogP contribution in [0.3, 0.4) is 0 Å². The maximum Gasteiger partial charge on any atom is 0.453 e. The molecule has 12 heteroatoms. The lowest BCUT2D eigenvalue weighted by atomic mass is 10.1. The fourth-order valence-electron chi connectivity index (χ4n) is 3.91. The van der Waals surface area contributed by atoms with Crippen LogP contribution in [0.25, 0.3) is 22.1 Å². The van der Waals surface area contributed by atoms with Crippen LogP contribution in [-0.4, -0.2) is 10.9 Å². The molecule has 5 aromatic rings. The van der Waals surface area contributed by atoms with Crippen LogP contribution in [0.15, 0.2) is 100 Å². The number of nitrogens with zero attached hydrogens (tertiary/aromatic N) is 1. The molecule has 41 heavy (non-hydrogen) atoms. The number of fused-ring (bicyclic) bond motifs is 1. The summed E-state index contributed by atoms with van der Waals surface area (Å²) in [7, 11) is 0. The number of benzene rings is 4. The van der Waals surface area contributed by atoms with Gasteiger partial charge in [-0.1, -0.05) is 54.1 Å². The Labute approximate surface area is 233 Å². The SMILES string of the molecule is O=C(Oc1ccc2c(=O)c(Oc3ccc(-c4ccccc4)cc3)c(C(F)(F)F)oc2c1)c1ccc(Cl)c([N+](=O)[O-])c1. The average Bonchev–Trinajstić information content (AvgIpc) is 2.94. The molecule has 0 N–H and O–H groups in total. The topological polar surface area (TPSA) is 109 Å². The first-order valence-corrected chi connectivity index (χ1v) is 12.1. The first-order chi connectivity index (χ1) is 19.5. The van der Waals surface area contributed by atoms with Crippen molar-refractivity contribution in [3.05, 3.63) is 128 Å². The summed E-state index contributed by atoms with van der Waals surface area (Å²) in [6, 6.07) is 21.8. The number of esters is 1. The number of hydrogen-bond donors (Lipinski definition) is 0. The van der Waals surface area contributed by atoms with Gasteiger partial charge in [0.15, 0.2) is 0 Å². The molecule has 4 aromatic carbocycles. The molecule has 0 aliphatic rings. The van der Waals surface area contributed by atoms with Crippen LogP contribution in [0.2, 0.25) is 5.02 Å². The second-order valence-corrected chi connectivity index (χ2v) is 8.96. The van der Waals surface area contributed by atoms with Crippen LogP contribution in [0.5, 0.6) is 17.2 Å². The van der Waals surface area contributed by atoms with Gasteiger partial charge in [0.05, 0.1) is 15.9 Å². The standard InChI is InChI=1S/C29H15ClF3NO7/c30-22-13-8-18(14-23(22)34(37)38)28(36)40-20-11-12-21-24(15-20)41-27(29(31,32)33)26(25(21)35)39-19-9-6-17(7-10-19)16-4-2-1-3-5-16/h1-15H. The Morgan fingerprint density at radius 2 is 1.54 bits per heavy atom. The minimum absolute atomic E-state index is 0.0237. The molecule has 0 atom stereocenters. The van der Waals surface area contributed by atoms with Gasteiger partial charge in [-0.15, -0.1) is 0 Å². The van der Waals surface area contributed by atoms with Crippen molar-refractivity contribution < 1.29 is 36.8 Å². The van der Waals surface area contributed by atoms with Crippen molar-refractivity contribution in [1.82, 2.24) is 0 Å². The molecule has 0 aliphatic heterocycles. The lowest BCUT2D eigenvalue weighted by Crippen LogP contribution is -2.15. The van der Waals surface area contributed by atoms with E-state index >= 15 is 0 Å². The lowest BCUT2D eigenvalue weighted by molar-refractivity contribution is -0.384. The highest BCUT2D eigenvalue weighted by molar-refractivity contribution is 6.32. The van der Waals surface area contributed by atoms with E-state index in [-0.39, 0.29) is 27.5 Å². The van der Waals surface area contributed by atoms with E-state index in [1.165, 1.54) is 18.2 Å². The van der Waals surface area contributed by atoms with Gasteiger partial charge in [-0.25, -0.2) is 4.79 Å². The first-order valence-electron chi connectivity index (χ1n) is 11.7. The minimum Gasteiger partial charge on any atom is -0.449 e. The fraction of sp³-hybridized carbons (Fsp3) is 0.0345. The summed E-state index contributed by atoms with van der Waals surface area (Å²) in [5, 5.41) is 10.6. The molecule has 0 bridgehead atoms. The number of carbonyl (C=O) groups excluding carboxylic acids is 1. The predicted molar refractivity (Wildman–Crippen MR) is 143 cm³/mol. The maximum atomic E-state index is 13.9. The normalized spacial score (nSPS) is 11.3. The summed E-state index contributed by atoms with van der Waals surface area (Å²) in [4.78, 5) is 35.9. The van der Waals surface area contributed by atoms with Crippen molar-refractivity contribution in [3.8, 4) is 28.4 Å². The van der Waals surface area contributed by atoms with Gasteiger partial charge >= 0.3 is 12.1 Å². The molecule has 0 saturated heterocycles. The Bertz CT molecular complexity index is 1850. The fourth-order valence-corrected chi connectivity index (χ4v) is 4.10. The largest absolute Gasteiger partial charge is 0.453 e. The van der Waals surface area contributed by atoms with Crippen molar-refractivity contribution in [2.45, 2.75) is 6.18 Å². The third kappa shape index (κ3) is 5.75. The summed E-state index contributed by atoms with van der Waals surface area (Å²) in [6.45, 7) is 0. The molecule has 1 heterocycles. The van der Waals surface area contributed by atoms with E-state index in [0.717, 1.165) is 41.5 Å². The van der Waals surface area contributed by atoms with E-state index in [1.54, 1.807) is 12.1 Å². The average molecular weight is 582 g/mol. The molecule has 0 fully saturated rings. The quantitative estimate of drug-likeness (QED) is 0.0863. The third-order valence-corrected chi connectivity index (χ3v) is 6.17. The minimum atomic E-state index is -5.11.